The molecule has 3 atom stereocenters. The van der Waals surface area contributed by atoms with E-state index >= 15 is 0 Å². The van der Waals surface area contributed by atoms with Gasteiger partial charge in [-0.05, 0) is 56.5 Å². The van der Waals surface area contributed by atoms with Crippen LogP contribution in [0.4, 0.5) is 0 Å². The molecule has 10 heteroatoms. The number of imide groups is 1. The summed E-state index contributed by atoms with van der Waals surface area (Å²) in [7, 11) is 0. The van der Waals surface area contributed by atoms with Gasteiger partial charge in [0, 0.05) is 18.7 Å². The Balaban J connectivity index is 1.68. The van der Waals surface area contributed by atoms with E-state index in [4.69, 9.17) is 0 Å². The predicted molar refractivity (Wildman–Crippen MR) is 161 cm³/mol. The highest BCUT2D eigenvalue weighted by molar-refractivity contribution is 9.11. The molecule has 4 rings (SSSR count). The lowest BCUT2D eigenvalue weighted by Crippen LogP contribution is -2.34. The molecule has 0 radical (unpaired) electrons. The summed E-state index contributed by atoms with van der Waals surface area (Å²) >= 11 is 9.80. The Morgan fingerprint density at radius 3 is 1.87 bits per heavy atom. The van der Waals surface area contributed by atoms with Crippen LogP contribution in [-0.4, -0.2) is 45.7 Å². The largest absolute Gasteiger partial charge is 0.369 e. The number of aliphatic hydroxyl groups is 1. The summed E-state index contributed by atoms with van der Waals surface area (Å²) in [5, 5.41) is 11.2. The predicted octanol–water partition coefficient (Wildman–Crippen LogP) is 8.48. The molecule has 0 saturated heterocycles. The van der Waals surface area contributed by atoms with Gasteiger partial charge in [-0.25, -0.2) is 0 Å². The molecule has 0 bridgehead atoms. The molecule has 0 spiro atoms. The Hall–Kier alpha value is -1.07. The van der Waals surface area contributed by atoms with E-state index in [0.29, 0.717) is 58.6 Å². The third kappa shape index (κ3) is 5.32. The smallest absolute Gasteiger partial charge is 0.263 e. The lowest BCUT2D eigenvalue weighted by Gasteiger charge is -2.26. The number of amides is 3. The van der Waals surface area contributed by atoms with Crippen LogP contribution >= 0.6 is 54.5 Å². The number of unbranched alkanes of at least 4 members (excludes halogenated alkanes) is 2. The van der Waals surface area contributed by atoms with Gasteiger partial charge >= 0.3 is 0 Å². The maximum absolute atomic E-state index is 13.7. The van der Waals surface area contributed by atoms with Gasteiger partial charge in [-0.3, -0.25) is 19.3 Å². The van der Waals surface area contributed by atoms with Crippen LogP contribution in [0.2, 0.25) is 0 Å². The molecule has 1 N–H and O–H groups in total. The molecule has 0 fully saturated rings. The average Bonchev–Trinajstić information content (AvgIpc) is 3.57. The third-order valence-corrected chi connectivity index (χ3v) is 11.8. The first kappa shape index (κ1) is 29.9. The zero-order chi connectivity index (χ0) is 27.7. The summed E-state index contributed by atoms with van der Waals surface area (Å²) < 4.78 is 1.29. The summed E-state index contributed by atoms with van der Waals surface area (Å²) in [6.07, 6.45) is 7.14. The Bertz CT molecular complexity index is 1220. The van der Waals surface area contributed by atoms with Gasteiger partial charge in [0.2, 0.25) is 0 Å². The van der Waals surface area contributed by atoms with Gasteiger partial charge in [-0.15, -0.1) is 22.7 Å². The second kappa shape index (κ2) is 12.6. The molecular weight excluding hydrogens is 652 g/mol. The molecule has 6 nitrogen and oxygen atoms in total. The van der Waals surface area contributed by atoms with Gasteiger partial charge in [0.15, 0.2) is 6.23 Å². The molecule has 3 unspecified atom stereocenters. The van der Waals surface area contributed by atoms with Crippen LogP contribution < -0.4 is 0 Å². The summed E-state index contributed by atoms with van der Waals surface area (Å²) in [5.74, 6) is -0.185. The minimum atomic E-state index is -1.03. The minimum Gasteiger partial charge on any atom is -0.369 e. The maximum Gasteiger partial charge on any atom is 0.263 e. The van der Waals surface area contributed by atoms with E-state index in [9.17, 15) is 19.5 Å². The average molecular weight is 689 g/mol. The Morgan fingerprint density at radius 2 is 1.29 bits per heavy atom. The van der Waals surface area contributed by atoms with E-state index < -0.39 is 6.23 Å². The summed E-state index contributed by atoms with van der Waals surface area (Å²) in [6.45, 7) is 9.42. The van der Waals surface area contributed by atoms with E-state index in [1.807, 2.05) is 0 Å². The number of rotatable bonds is 13. The maximum atomic E-state index is 13.7. The number of halogens is 2. The molecule has 38 heavy (non-hydrogen) atoms. The zero-order valence-electron chi connectivity index (χ0n) is 22.4. The zero-order valence-corrected chi connectivity index (χ0v) is 27.2. The summed E-state index contributed by atoms with van der Waals surface area (Å²) in [5.41, 5.74) is 1.79. The molecule has 0 aromatic carbocycles. The van der Waals surface area contributed by atoms with E-state index in [0.717, 1.165) is 51.4 Å². The number of nitrogens with zero attached hydrogens (tertiary/aromatic N) is 2. The molecule has 3 amide bonds. The Labute approximate surface area is 250 Å². The van der Waals surface area contributed by atoms with Gasteiger partial charge in [0.1, 0.15) is 0 Å². The number of fused-ring (bicyclic) bond motifs is 2. The van der Waals surface area contributed by atoms with Crippen LogP contribution in [0.5, 0.6) is 0 Å². The van der Waals surface area contributed by atoms with Crippen molar-refractivity contribution in [3.63, 3.8) is 0 Å². The fourth-order valence-electron chi connectivity index (χ4n) is 5.47. The second-order valence-corrected chi connectivity index (χ2v) is 15.0. The van der Waals surface area contributed by atoms with Crippen molar-refractivity contribution in [3.05, 3.63) is 29.8 Å². The highest BCUT2D eigenvalue weighted by Gasteiger charge is 2.46. The quantitative estimate of drug-likeness (QED) is 0.214. The van der Waals surface area contributed by atoms with Crippen LogP contribution in [0.3, 0.4) is 0 Å². The Kier molecular flexibility index (Phi) is 9.93. The van der Waals surface area contributed by atoms with Crippen LogP contribution in [-0.2, 0) is 0 Å². The first-order valence-corrected chi connectivity index (χ1v) is 16.9. The molecule has 2 aromatic rings. The van der Waals surface area contributed by atoms with Crippen molar-refractivity contribution in [2.75, 3.05) is 13.1 Å². The number of aliphatic hydroxyl groups excluding tert-OH is 1. The monoisotopic (exact) mass is 686 g/mol. The number of carbonyl (C=O) groups is 3. The summed E-state index contributed by atoms with van der Waals surface area (Å²) in [4.78, 5) is 45.0. The van der Waals surface area contributed by atoms with Crippen LogP contribution in [0.1, 0.15) is 122 Å². The first-order valence-electron chi connectivity index (χ1n) is 13.7. The molecular formula is C28H36Br2N2O4S2. The standard InChI is InChI=1S/C28H36Br2N2O4S2/c1-5-9-11-15(7-3)13-31-25(33)17-19(27(31)35)23(29)37-21(17)22-18-20(24(30)38-22)28(36)32(26(18)34)14-16(8-4)12-10-6-2/h15-16,27,35H,5-14H2,1-4H3. The van der Waals surface area contributed by atoms with Gasteiger partial charge < -0.3 is 10.0 Å². The number of thiophene rings is 2. The van der Waals surface area contributed by atoms with Crippen LogP contribution in [0.15, 0.2) is 7.57 Å². The van der Waals surface area contributed by atoms with Crippen molar-refractivity contribution < 1.29 is 19.5 Å². The SMILES string of the molecule is CCCCC(CC)CN1C(=O)c2c(Br)sc(-c3sc(Br)c4c3C(=O)N(CC(CC)CCCC)C4O)c2C1=O. The van der Waals surface area contributed by atoms with E-state index in [1.54, 1.807) is 4.90 Å². The van der Waals surface area contributed by atoms with Crippen LogP contribution in [0, 0.1) is 11.8 Å². The third-order valence-electron chi connectivity index (χ3n) is 7.90. The summed E-state index contributed by atoms with van der Waals surface area (Å²) in [6, 6.07) is 0. The van der Waals surface area contributed by atoms with Crippen molar-refractivity contribution in [2.24, 2.45) is 11.8 Å². The fraction of sp³-hybridized carbons (Fsp3) is 0.607. The molecule has 0 aliphatic carbocycles. The van der Waals surface area contributed by atoms with Gasteiger partial charge in [-0.1, -0.05) is 66.2 Å². The minimum absolute atomic E-state index is 0.211. The Morgan fingerprint density at radius 1 is 0.763 bits per heavy atom. The lowest BCUT2D eigenvalue weighted by molar-refractivity contribution is 0.00945. The molecule has 2 aliphatic heterocycles. The number of hydrogen-bond acceptors (Lipinski definition) is 6. The van der Waals surface area contributed by atoms with Crippen molar-refractivity contribution in [1.29, 1.82) is 0 Å². The fourth-order valence-corrected chi connectivity index (χ4v) is 9.41. The van der Waals surface area contributed by atoms with Crippen LogP contribution in [0.25, 0.3) is 9.75 Å². The topological polar surface area (TPSA) is 77.9 Å². The van der Waals surface area contributed by atoms with Crippen molar-refractivity contribution in [1.82, 2.24) is 9.80 Å². The van der Waals surface area contributed by atoms with E-state index in [2.05, 4.69) is 59.6 Å². The first-order chi connectivity index (χ1) is 18.2. The number of carbonyl (C=O) groups excluding carboxylic acids is 3. The van der Waals surface area contributed by atoms with Crippen molar-refractivity contribution >= 4 is 72.3 Å². The normalized spacial score (nSPS) is 18.5. The van der Waals surface area contributed by atoms with Crippen molar-refractivity contribution in [3.8, 4) is 9.75 Å². The number of hydrogen-bond donors (Lipinski definition) is 1. The molecule has 2 aromatic heterocycles. The highest BCUT2D eigenvalue weighted by Crippen LogP contribution is 2.53. The van der Waals surface area contributed by atoms with E-state index in [-0.39, 0.29) is 23.6 Å². The lowest BCUT2D eigenvalue weighted by atomic mass is 9.99. The van der Waals surface area contributed by atoms with E-state index in [1.165, 1.54) is 27.6 Å². The highest BCUT2D eigenvalue weighted by atomic mass is 79.9. The second-order valence-electron chi connectivity index (χ2n) is 10.3. The molecule has 0 saturated carbocycles. The van der Waals surface area contributed by atoms with Crippen molar-refractivity contribution in [2.45, 2.75) is 85.3 Å². The molecule has 4 heterocycles. The van der Waals surface area contributed by atoms with Gasteiger partial charge in [0.05, 0.1) is 34.0 Å². The molecule has 2 aliphatic rings. The molecule has 208 valence electrons. The van der Waals surface area contributed by atoms with Gasteiger partial charge in [0.25, 0.3) is 17.7 Å². The van der Waals surface area contributed by atoms with Gasteiger partial charge in [-0.2, -0.15) is 0 Å².